The highest BCUT2D eigenvalue weighted by molar-refractivity contribution is 6.10. The molecule has 1 amide bonds. The van der Waals surface area contributed by atoms with Crippen LogP contribution in [-0.2, 0) is 13.0 Å². The van der Waals surface area contributed by atoms with Crippen molar-refractivity contribution < 1.29 is 44.0 Å². The first-order valence-electron chi connectivity index (χ1n) is 15.1. The van der Waals surface area contributed by atoms with Gasteiger partial charge in [-0.05, 0) is 105 Å². The molecular weight excluding hydrogens is 602 g/mol. The maximum Gasteiger partial charge on any atom is 0.336 e. The van der Waals surface area contributed by atoms with Crippen molar-refractivity contribution in [2.75, 3.05) is 0 Å². The molecular formula is C37H35NO9. The first-order valence-corrected chi connectivity index (χ1v) is 15.1. The van der Waals surface area contributed by atoms with Gasteiger partial charge in [0.15, 0.2) is 0 Å². The van der Waals surface area contributed by atoms with Crippen LogP contribution in [-0.4, -0.2) is 49.6 Å². The fraction of sp³-hybridized carbons (Fsp3) is 0.243. The molecule has 0 heterocycles. The lowest BCUT2D eigenvalue weighted by Crippen LogP contribution is -2.37. The number of fused-ring (bicyclic) bond motifs is 1. The van der Waals surface area contributed by atoms with Crippen molar-refractivity contribution in [1.29, 1.82) is 0 Å². The summed E-state index contributed by atoms with van der Waals surface area (Å²) >= 11 is 0. The second kappa shape index (κ2) is 13.4. The third-order valence-corrected chi connectivity index (χ3v) is 7.79. The van der Waals surface area contributed by atoms with Crippen LogP contribution in [0.4, 0.5) is 0 Å². The predicted octanol–water partition coefficient (Wildman–Crippen LogP) is 7.47. The van der Waals surface area contributed by atoms with Gasteiger partial charge in [-0.2, -0.15) is 0 Å². The molecule has 242 valence electrons. The molecule has 0 bridgehead atoms. The Kier molecular flexibility index (Phi) is 9.32. The number of hydrogen-bond donors (Lipinski definition) is 3. The number of aryl methyl sites for hydroxylation is 1. The summed E-state index contributed by atoms with van der Waals surface area (Å²) in [5, 5.41) is 29.4. The Bertz CT molecular complexity index is 1840. The number of aromatic carboxylic acids is 3. The fourth-order valence-electron chi connectivity index (χ4n) is 5.81. The van der Waals surface area contributed by atoms with E-state index in [1.807, 2.05) is 63.2 Å². The number of carbonyl (C=O) groups is 4. The van der Waals surface area contributed by atoms with Crippen LogP contribution in [0.25, 0.3) is 0 Å². The Balaban J connectivity index is 1.53. The monoisotopic (exact) mass is 637 g/mol. The van der Waals surface area contributed by atoms with Gasteiger partial charge in [0.2, 0.25) is 0 Å². The number of hydrogen-bond acceptors (Lipinski definition) is 6. The van der Waals surface area contributed by atoms with Crippen LogP contribution < -0.4 is 9.47 Å². The third-order valence-electron chi connectivity index (χ3n) is 7.79. The van der Waals surface area contributed by atoms with E-state index < -0.39 is 52.1 Å². The molecule has 47 heavy (non-hydrogen) atoms. The summed E-state index contributed by atoms with van der Waals surface area (Å²) in [5.41, 5.74) is -0.0945. The highest BCUT2D eigenvalue weighted by atomic mass is 16.5. The van der Waals surface area contributed by atoms with E-state index in [0.29, 0.717) is 29.2 Å². The zero-order valence-corrected chi connectivity index (χ0v) is 26.2. The van der Waals surface area contributed by atoms with E-state index >= 15 is 0 Å². The number of nitrogens with zero attached hydrogens (tertiary/aromatic N) is 1. The number of rotatable bonds is 10. The van der Waals surface area contributed by atoms with Crippen molar-refractivity contribution in [1.82, 2.24) is 4.90 Å². The van der Waals surface area contributed by atoms with Crippen LogP contribution in [0.5, 0.6) is 17.2 Å². The van der Waals surface area contributed by atoms with E-state index in [0.717, 1.165) is 36.1 Å². The van der Waals surface area contributed by atoms with Gasteiger partial charge >= 0.3 is 17.9 Å². The summed E-state index contributed by atoms with van der Waals surface area (Å²) in [6, 6.07) is 23.2. The van der Waals surface area contributed by atoms with Crippen molar-refractivity contribution in [3.63, 3.8) is 0 Å². The van der Waals surface area contributed by atoms with E-state index in [1.165, 1.54) is 4.90 Å². The van der Waals surface area contributed by atoms with Gasteiger partial charge in [0.25, 0.3) is 5.91 Å². The molecule has 0 fully saturated rings. The third kappa shape index (κ3) is 7.61. The van der Waals surface area contributed by atoms with Gasteiger partial charge in [-0.1, -0.05) is 36.4 Å². The molecule has 0 aromatic heterocycles. The van der Waals surface area contributed by atoms with Crippen molar-refractivity contribution in [3.05, 3.63) is 124 Å². The van der Waals surface area contributed by atoms with Crippen LogP contribution in [0, 0.1) is 0 Å². The van der Waals surface area contributed by atoms with E-state index in [1.54, 1.807) is 30.3 Å². The van der Waals surface area contributed by atoms with Crippen molar-refractivity contribution in [2.45, 2.75) is 58.2 Å². The summed E-state index contributed by atoms with van der Waals surface area (Å²) in [7, 11) is 0. The number of ether oxygens (including phenoxy) is 2. The average molecular weight is 638 g/mol. The summed E-state index contributed by atoms with van der Waals surface area (Å²) in [6.07, 6.45) is 2.17. The molecule has 1 aliphatic carbocycles. The highest BCUT2D eigenvalue weighted by Gasteiger charge is 2.34. The van der Waals surface area contributed by atoms with Crippen molar-refractivity contribution in [3.8, 4) is 17.2 Å². The van der Waals surface area contributed by atoms with E-state index in [9.17, 15) is 34.5 Å². The molecule has 4 aromatic rings. The summed E-state index contributed by atoms with van der Waals surface area (Å²) in [5.74, 6) is -3.71. The van der Waals surface area contributed by atoms with Gasteiger partial charge in [0.05, 0.1) is 28.3 Å². The van der Waals surface area contributed by atoms with Crippen molar-refractivity contribution in [2.24, 2.45) is 0 Å². The SMILES string of the molecule is CC(C)(C)Oc1ccc(Oc2cccc(CN(C(=O)c3cc(C(=O)O)c(C(=O)O)cc3C(=O)O)[C@H]3CCCc4ccccc43)c2)cc1. The summed E-state index contributed by atoms with van der Waals surface area (Å²) < 4.78 is 12.0. The number of amides is 1. The second-order valence-corrected chi connectivity index (χ2v) is 12.3. The van der Waals surface area contributed by atoms with Crippen LogP contribution in [0.2, 0.25) is 0 Å². The maximum absolute atomic E-state index is 14.4. The minimum atomic E-state index is -1.62. The molecule has 0 radical (unpaired) electrons. The van der Waals surface area contributed by atoms with E-state index in [4.69, 9.17) is 9.47 Å². The van der Waals surface area contributed by atoms with Crippen LogP contribution in [0.15, 0.2) is 84.9 Å². The minimum Gasteiger partial charge on any atom is -0.488 e. The second-order valence-electron chi connectivity index (χ2n) is 12.3. The van der Waals surface area contributed by atoms with E-state index in [-0.39, 0.29) is 12.1 Å². The molecule has 4 aromatic carbocycles. The van der Waals surface area contributed by atoms with Gasteiger partial charge in [0, 0.05) is 6.54 Å². The first-order chi connectivity index (χ1) is 22.3. The quantitative estimate of drug-likeness (QED) is 0.161. The van der Waals surface area contributed by atoms with E-state index in [2.05, 4.69) is 0 Å². The molecule has 3 N–H and O–H groups in total. The largest absolute Gasteiger partial charge is 0.488 e. The lowest BCUT2D eigenvalue weighted by molar-refractivity contribution is 0.0611. The van der Waals surface area contributed by atoms with Gasteiger partial charge in [-0.25, -0.2) is 14.4 Å². The molecule has 10 nitrogen and oxygen atoms in total. The zero-order valence-electron chi connectivity index (χ0n) is 26.2. The molecule has 0 aliphatic heterocycles. The normalized spacial score (nSPS) is 14.1. The topological polar surface area (TPSA) is 151 Å². The Morgan fingerprint density at radius 1 is 0.723 bits per heavy atom. The molecule has 5 rings (SSSR count). The van der Waals surface area contributed by atoms with Crippen LogP contribution in [0.3, 0.4) is 0 Å². The molecule has 1 aliphatic rings. The molecule has 0 saturated heterocycles. The Morgan fingerprint density at radius 2 is 1.32 bits per heavy atom. The number of carbonyl (C=O) groups excluding carboxylic acids is 1. The number of carboxylic acid groups (broad SMARTS) is 3. The smallest absolute Gasteiger partial charge is 0.336 e. The van der Waals surface area contributed by atoms with Gasteiger partial charge in [-0.15, -0.1) is 0 Å². The van der Waals surface area contributed by atoms with Crippen LogP contribution in [0.1, 0.15) is 97.8 Å². The van der Waals surface area contributed by atoms with Gasteiger partial charge < -0.3 is 29.7 Å². The number of benzene rings is 4. The molecule has 10 heteroatoms. The number of carboxylic acids is 3. The Labute approximate surface area is 271 Å². The Morgan fingerprint density at radius 3 is 1.96 bits per heavy atom. The molecule has 0 spiro atoms. The highest BCUT2D eigenvalue weighted by Crippen LogP contribution is 2.37. The van der Waals surface area contributed by atoms with Crippen LogP contribution >= 0.6 is 0 Å². The van der Waals surface area contributed by atoms with Gasteiger partial charge in [-0.3, -0.25) is 4.79 Å². The molecule has 0 saturated carbocycles. The fourth-order valence-corrected chi connectivity index (χ4v) is 5.81. The molecule has 1 atom stereocenters. The first kappa shape index (κ1) is 32.7. The maximum atomic E-state index is 14.4. The Hall–Kier alpha value is -5.64. The summed E-state index contributed by atoms with van der Waals surface area (Å²) in [4.78, 5) is 52.1. The van der Waals surface area contributed by atoms with Crippen molar-refractivity contribution >= 4 is 23.8 Å². The zero-order chi connectivity index (χ0) is 33.9. The lowest BCUT2D eigenvalue weighted by atomic mass is 9.86. The standard InChI is InChI=1S/C37H35NO9/c1-37(2,3)47-25-16-14-24(15-17-25)46-26-11-6-8-22(18-26)21-38(32-13-7-10-23-9-4-5-12-27(23)32)33(39)28-19-30(35(42)43)31(36(44)45)20-29(28)34(40)41/h4-6,8-9,11-12,14-20,32H,7,10,13,21H2,1-3H3,(H,40,41)(H,42,43)(H,44,45)/t32-/m0/s1. The minimum absolute atomic E-state index is 0.0372. The predicted molar refractivity (Wildman–Crippen MR) is 173 cm³/mol. The van der Waals surface area contributed by atoms with Gasteiger partial charge in [0.1, 0.15) is 22.8 Å². The lowest BCUT2D eigenvalue weighted by Gasteiger charge is -2.36. The molecule has 0 unspecified atom stereocenters. The summed E-state index contributed by atoms with van der Waals surface area (Å²) in [6.45, 7) is 5.92. The average Bonchev–Trinajstić information content (AvgIpc) is 3.02.